The Bertz CT molecular complexity index is 592. The molecule has 0 amide bonds. The quantitative estimate of drug-likeness (QED) is 0.948. The third-order valence-corrected chi connectivity index (χ3v) is 3.53. The van der Waals surface area contributed by atoms with Gasteiger partial charge in [0.2, 0.25) is 0 Å². The van der Waals surface area contributed by atoms with E-state index in [4.69, 9.17) is 5.73 Å². The molecule has 3 rings (SSSR count). The third-order valence-electron chi connectivity index (χ3n) is 3.03. The average molecular weight is 311 g/mol. The van der Waals surface area contributed by atoms with E-state index in [0.717, 1.165) is 18.7 Å². The predicted molar refractivity (Wildman–Crippen MR) is 69.3 cm³/mol. The van der Waals surface area contributed by atoms with Crippen LogP contribution in [0.3, 0.4) is 0 Å². The zero-order chi connectivity index (χ0) is 12.7. The molecule has 0 aliphatic heterocycles. The van der Waals surface area contributed by atoms with E-state index in [2.05, 4.69) is 26.1 Å². The van der Waals surface area contributed by atoms with E-state index in [0.29, 0.717) is 28.4 Å². The highest BCUT2D eigenvalue weighted by Gasteiger charge is 2.30. The maximum absolute atomic E-state index is 14.0. The van der Waals surface area contributed by atoms with E-state index in [1.54, 1.807) is 12.1 Å². The van der Waals surface area contributed by atoms with Crippen LogP contribution in [0.25, 0.3) is 11.4 Å². The number of rotatable bonds is 3. The van der Waals surface area contributed by atoms with Gasteiger partial charge in [0, 0.05) is 10.5 Å². The predicted octanol–water partition coefficient (Wildman–Crippen LogP) is 2.64. The zero-order valence-electron chi connectivity index (χ0n) is 9.61. The number of benzene rings is 1. The summed E-state index contributed by atoms with van der Waals surface area (Å²) in [6, 6.07) is 5.31. The van der Waals surface area contributed by atoms with Gasteiger partial charge in [-0.2, -0.15) is 0 Å². The van der Waals surface area contributed by atoms with Crippen LogP contribution in [-0.2, 0) is 6.54 Å². The van der Waals surface area contributed by atoms with Crippen molar-refractivity contribution in [2.45, 2.75) is 25.4 Å². The minimum Gasteiger partial charge on any atom is -0.324 e. The second-order valence-corrected chi connectivity index (χ2v) is 5.28. The Balaban J connectivity index is 2.13. The number of hydrogen-bond donors (Lipinski definition) is 1. The van der Waals surface area contributed by atoms with Gasteiger partial charge in [-0.15, -0.1) is 10.2 Å². The summed E-state index contributed by atoms with van der Waals surface area (Å²) in [5.74, 6) is 0.986. The molecule has 2 aromatic rings. The van der Waals surface area contributed by atoms with E-state index < -0.39 is 0 Å². The van der Waals surface area contributed by atoms with Gasteiger partial charge in [0.25, 0.3) is 0 Å². The Hall–Kier alpha value is -1.27. The zero-order valence-corrected chi connectivity index (χ0v) is 11.2. The summed E-state index contributed by atoms with van der Waals surface area (Å²) in [6.07, 6.45) is 2.16. The molecule has 1 aliphatic rings. The Morgan fingerprint density at radius 1 is 1.39 bits per heavy atom. The smallest absolute Gasteiger partial charge is 0.167 e. The van der Waals surface area contributed by atoms with Crippen LogP contribution in [0.5, 0.6) is 0 Å². The minimum absolute atomic E-state index is 0.303. The first-order valence-electron chi connectivity index (χ1n) is 5.80. The van der Waals surface area contributed by atoms with Crippen LogP contribution in [0.4, 0.5) is 4.39 Å². The second-order valence-electron chi connectivity index (χ2n) is 4.37. The van der Waals surface area contributed by atoms with Crippen LogP contribution in [-0.4, -0.2) is 14.8 Å². The molecule has 6 heteroatoms. The van der Waals surface area contributed by atoms with E-state index in [1.807, 2.05) is 4.57 Å². The molecule has 0 unspecified atom stereocenters. The van der Waals surface area contributed by atoms with E-state index >= 15 is 0 Å². The number of aromatic nitrogens is 3. The minimum atomic E-state index is -0.303. The van der Waals surface area contributed by atoms with Crippen molar-refractivity contribution >= 4 is 15.9 Å². The van der Waals surface area contributed by atoms with Gasteiger partial charge >= 0.3 is 0 Å². The van der Waals surface area contributed by atoms with Gasteiger partial charge in [0.1, 0.15) is 11.6 Å². The molecular formula is C12H12BrFN4. The van der Waals surface area contributed by atoms with Crippen LogP contribution in [0.2, 0.25) is 0 Å². The van der Waals surface area contributed by atoms with Crippen LogP contribution in [0.15, 0.2) is 22.7 Å². The van der Waals surface area contributed by atoms with Crippen LogP contribution in [0.1, 0.15) is 24.7 Å². The monoisotopic (exact) mass is 310 g/mol. The average Bonchev–Trinajstić information content (AvgIpc) is 3.09. The first-order valence-corrected chi connectivity index (χ1v) is 6.59. The molecule has 0 radical (unpaired) electrons. The molecule has 1 heterocycles. The fourth-order valence-electron chi connectivity index (χ4n) is 2.03. The molecule has 0 bridgehead atoms. The molecule has 0 saturated heterocycles. The standard InChI is InChI=1S/C12H12BrFN4/c13-7-1-4-9(10(14)5-7)12-17-16-11(6-15)18(12)8-2-3-8/h1,4-5,8H,2-3,6,15H2. The summed E-state index contributed by atoms with van der Waals surface area (Å²) in [4.78, 5) is 0. The van der Waals surface area contributed by atoms with Gasteiger partial charge in [-0.25, -0.2) is 4.39 Å². The van der Waals surface area contributed by atoms with Gasteiger partial charge in [0.15, 0.2) is 5.82 Å². The Morgan fingerprint density at radius 3 is 2.78 bits per heavy atom. The SMILES string of the molecule is NCc1nnc(-c2ccc(Br)cc2F)n1C1CC1. The summed E-state index contributed by atoms with van der Waals surface area (Å²) < 4.78 is 16.6. The fourth-order valence-corrected chi connectivity index (χ4v) is 2.37. The lowest BCUT2D eigenvalue weighted by Gasteiger charge is -2.08. The van der Waals surface area contributed by atoms with Gasteiger partial charge in [-0.05, 0) is 31.0 Å². The second kappa shape index (κ2) is 4.44. The van der Waals surface area contributed by atoms with Crippen molar-refractivity contribution in [2.24, 2.45) is 5.73 Å². The van der Waals surface area contributed by atoms with E-state index in [-0.39, 0.29) is 5.82 Å². The maximum atomic E-state index is 14.0. The van der Waals surface area contributed by atoms with Crippen LogP contribution < -0.4 is 5.73 Å². The van der Waals surface area contributed by atoms with E-state index in [1.165, 1.54) is 6.07 Å². The Morgan fingerprint density at radius 2 is 2.17 bits per heavy atom. The lowest BCUT2D eigenvalue weighted by Crippen LogP contribution is -2.08. The number of nitrogens with two attached hydrogens (primary N) is 1. The first kappa shape index (κ1) is 11.8. The summed E-state index contributed by atoms with van der Waals surface area (Å²) in [5, 5.41) is 8.13. The molecule has 1 saturated carbocycles. The summed E-state index contributed by atoms with van der Waals surface area (Å²) >= 11 is 3.24. The molecule has 4 nitrogen and oxygen atoms in total. The Kier molecular flexibility index (Phi) is 2.91. The summed E-state index contributed by atoms with van der Waals surface area (Å²) in [5.41, 5.74) is 6.11. The number of hydrogen-bond acceptors (Lipinski definition) is 3. The Labute approximate surface area is 112 Å². The molecule has 1 aliphatic carbocycles. The van der Waals surface area contributed by atoms with Crippen molar-refractivity contribution in [3.8, 4) is 11.4 Å². The van der Waals surface area contributed by atoms with Crippen molar-refractivity contribution in [1.82, 2.24) is 14.8 Å². The third kappa shape index (κ3) is 1.95. The molecule has 18 heavy (non-hydrogen) atoms. The molecular weight excluding hydrogens is 299 g/mol. The molecule has 0 spiro atoms. The highest BCUT2D eigenvalue weighted by molar-refractivity contribution is 9.10. The van der Waals surface area contributed by atoms with Gasteiger partial charge in [0.05, 0.1) is 12.1 Å². The maximum Gasteiger partial charge on any atom is 0.167 e. The van der Waals surface area contributed by atoms with Crippen LogP contribution >= 0.6 is 15.9 Å². The normalized spacial score (nSPS) is 15.1. The van der Waals surface area contributed by atoms with Gasteiger partial charge in [-0.3, -0.25) is 0 Å². The number of halogens is 2. The summed E-state index contributed by atoms with van der Waals surface area (Å²) in [7, 11) is 0. The van der Waals surface area contributed by atoms with Crippen molar-refractivity contribution < 1.29 is 4.39 Å². The van der Waals surface area contributed by atoms with Crippen molar-refractivity contribution in [1.29, 1.82) is 0 Å². The molecule has 2 N–H and O–H groups in total. The first-order chi connectivity index (χ1) is 8.70. The van der Waals surface area contributed by atoms with Crippen molar-refractivity contribution in [3.63, 3.8) is 0 Å². The van der Waals surface area contributed by atoms with E-state index in [9.17, 15) is 4.39 Å². The molecule has 1 aromatic heterocycles. The molecule has 94 valence electrons. The van der Waals surface area contributed by atoms with Gasteiger partial charge in [-0.1, -0.05) is 15.9 Å². The van der Waals surface area contributed by atoms with Crippen LogP contribution in [0, 0.1) is 5.82 Å². The fraction of sp³-hybridized carbons (Fsp3) is 0.333. The lowest BCUT2D eigenvalue weighted by molar-refractivity contribution is 0.624. The number of nitrogens with zero attached hydrogens (tertiary/aromatic N) is 3. The van der Waals surface area contributed by atoms with Crippen molar-refractivity contribution in [3.05, 3.63) is 34.3 Å². The topological polar surface area (TPSA) is 56.7 Å². The van der Waals surface area contributed by atoms with Gasteiger partial charge < -0.3 is 10.3 Å². The highest BCUT2D eigenvalue weighted by Crippen LogP contribution is 2.39. The lowest BCUT2D eigenvalue weighted by atomic mass is 10.2. The molecule has 1 fully saturated rings. The molecule has 1 aromatic carbocycles. The van der Waals surface area contributed by atoms with Crippen molar-refractivity contribution in [2.75, 3.05) is 0 Å². The largest absolute Gasteiger partial charge is 0.324 e. The summed E-state index contributed by atoms with van der Waals surface area (Å²) in [6.45, 7) is 0.321. The molecule has 0 atom stereocenters. The highest BCUT2D eigenvalue weighted by atomic mass is 79.9.